The molecule has 0 fully saturated rings. The van der Waals surface area contributed by atoms with E-state index in [1.807, 2.05) is 18.2 Å². The first-order chi connectivity index (χ1) is 9.28. The minimum Gasteiger partial charge on any atom is -0.460 e. The Morgan fingerprint density at radius 2 is 2.32 bits per heavy atom. The fraction of sp³-hybridized carbons (Fsp3) is 0.154. The van der Waals surface area contributed by atoms with Gasteiger partial charge in [-0.1, -0.05) is 6.07 Å². The fourth-order valence-electron chi connectivity index (χ4n) is 1.79. The number of nitrogens with zero attached hydrogens (tertiary/aromatic N) is 2. The molecule has 6 heteroatoms. The molecule has 0 aliphatic rings. The molecule has 0 aliphatic heterocycles. The number of imidazole rings is 1. The van der Waals surface area contributed by atoms with Gasteiger partial charge in [-0.25, -0.2) is 14.8 Å². The SMILES string of the molecule is CCOC(=O)c1ncc(-c2ccc3ncoc3c2)[nH]1. The first kappa shape index (κ1) is 11.5. The van der Waals surface area contributed by atoms with Gasteiger partial charge in [-0.05, 0) is 19.1 Å². The Bertz CT molecular complexity index is 729. The molecular weight excluding hydrogens is 246 g/mol. The van der Waals surface area contributed by atoms with Crippen molar-refractivity contribution in [2.24, 2.45) is 0 Å². The van der Waals surface area contributed by atoms with E-state index in [0.717, 1.165) is 16.8 Å². The number of rotatable bonds is 3. The maximum absolute atomic E-state index is 11.5. The lowest BCUT2D eigenvalue weighted by Crippen LogP contribution is -2.06. The molecule has 0 radical (unpaired) electrons. The van der Waals surface area contributed by atoms with Gasteiger partial charge in [0.15, 0.2) is 12.0 Å². The molecule has 19 heavy (non-hydrogen) atoms. The molecule has 0 amide bonds. The number of carbonyl (C=O) groups excluding carboxylic acids is 1. The van der Waals surface area contributed by atoms with E-state index in [4.69, 9.17) is 9.15 Å². The number of oxazole rings is 1. The van der Waals surface area contributed by atoms with Crippen LogP contribution in [0.1, 0.15) is 17.5 Å². The molecule has 0 aliphatic carbocycles. The van der Waals surface area contributed by atoms with Crippen molar-refractivity contribution in [2.45, 2.75) is 6.92 Å². The van der Waals surface area contributed by atoms with Gasteiger partial charge in [0, 0.05) is 5.56 Å². The van der Waals surface area contributed by atoms with E-state index >= 15 is 0 Å². The smallest absolute Gasteiger partial charge is 0.374 e. The third kappa shape index (κ3) is 2.08. The molecule has 0 unspecified atom stereocenters. The number of hydrogen-bond donors (Lipinski definition) is 1. The molecule has 3 rings (SSSR count). The van der Waals surface area contributed by atoms with E-state index in [1.54, 1.807) is 13.1 Å². The van der Waals surface area contributed by atoms with Gasteiger partial charge in [0.1, 0.15) is 5.52 Å². The van der Waals surface area contributed by atoms with Gasteiger partial charge in [-0.3, -0.25) is 0 Å². The predicted octanol–water partition coefficient (Wildman–Crippen LogP) is 2.39. The highest BCUT2D eigenvalue weighted by Crippen LogP contribution is 2.22. The average molecular weight is 257 g/mol. The standard InChI is InChI=1S/C13H11N3O3/c1-2-18-13(17)12-14-6-10(16-12)8-3-4-9-11(5-8)19-7-15-9/h3-7H,2H2,1H3,(H,14,16). The summed E-state index contributed by atoms with van der Waals surface area (Å²) >= 11 is 0. The zero-order chi connectivity index (χ0) is 13.2. The van der Waals surface area contributed by atoms with E-state index in [0.29, 0.717) is 12.2 Å². The summed E-state index contributed by atoms with van der Waals surface area (Å²) in [6.07, 6.45) is 2.98. The topological polar surface area (TPSA) is 81.0 Å². The summed E-state index contributed by atoms with van der Waals surface area (Å²) in [4.78, 5) is 22.5. The van der Waals surface area contributed by atoms with E-state index in [9.17, 15) is 4.79 Å². The lowest BCUT2D eigenvalue weighted by atomic mass is 10.1. The molecule has 96 valence electrons. The molecule has 2 aromatic heterocycles. The maximum Gasteiger partial charge on any atom is 0.374 e. The Balaban J connectivity index is 1.95. The van der Waals surface area contributed by atoms with Gasteiger partial charge < -0.3 is 14.1 Å². The summed E-state index contributed by atoms with van der Waals surface area (Å²) in [6, 6.07) is 5.57. The average Bonchev–Trinajstić information content (AvgIpc) is 3.07. The Morgan fingerprint density at radius 3 is 3.16 bits per heavy atom. The number of nitrogens with one attached hydrogen (secondary N) is 1. The fourth-order valence-corrected chi connectivity index (χ4v) is 1.79. The van der Waals surface area contributed by atoms with Crippen molar-refractivity contribution >= 4 is 17.1 Å². The van der Waals surface area contributed by atoms with Gasteiger partial charge >= 0.3 is 5.97 Å². The Kier molecular flexibility index (Phi) is 2.75. The van der Waals surface area contributed by atoms with Crippen molar-refractivity contribution in [1.29, 1.82) is 0 Å². The van der Waals surface area contributed by atoms with E-state index in [1.165, 1.54) is 6.39 Å². The summed E-state index contributed by atoms with van der Waals surface area (Å²) in [5.41, 5.74) is 3.06. The Morgan fingerprint density at radius 1 is 1.42 bits per heavy atom. The van der Waals surface area contributed by atoms with Crippen LogP contribution in [0.5, 0.6) is 0 Å². The van der Waals surface area contributed by atoms with E-state index in [-0.39, 0.29) is 5.82 Å². The van der Waals surface area contributed by atoms with Gasteiger partial charge in [-0.2, -0.15) is 0 Å². The lowest BCUT2D eigenvalue weighted by molar-refractivity contribution is 0.0513. The molecule has 0 spiro atoms. The van der Waals surface area contributed by atoms with Crippen LogP contribution in [0.15, 0.2) is 35.2 Å². The molecule has 0 saturated carbocycles. The van der Waals surface area contributed by atoms with Crippen LogP contribution in [0, 0.1) is 0 Å². The van der Waals surface area contributed by atoms with Crippen LogP contribution in [0.25, 0.3) is 22.4 Å². The first-order valence-corrected chi connectivity index (χ1v) is 5.83. The molecule has 1 aromatic carbocycles. The summed E-state index contributed by atoms with van der Waals surface area (Å²) in [7, 11) is 0. The van der Waals surface area contributed by atoms with Gasteiger partial charge in [0.2, 0.25) is 5.82 Å². The molecule has 0 atom stereocenters. The van der Waals surface area contributed by atoms with Gasteiger partial charge in [-0.15, -0.1) is 0 Å². The second kappa shape index (κ2) is 4.56. The molecule has 6 nitrogen and oxygen atoms in total. The molecule has 0 bridgehead atoms. The quantitative estimate of drug-likeness (QED) is 0.728. The largest absolute Gasteiger partial charge is 0.460 e. The monoisotopic (exact) mass is 257 g/mol. The second-order valence-corrected chi connectivity index (χ2v) is 3.90. The zero-order valence-corrected chi connectivity index (χ0v) is 10.2. The number of H-pyrrole nitrogens is 1. The number of aromatic nitrogens is 3. The van der Waals surface area contributed by atoms with Crippen LogP contribution < -0.4 is 0 Å². The number of aromatic amines is 1. The maximum atomic E-state index is 11.5. The van der Waals surface area contributed by atoms with Crippen LogP contribution in [-0.2, 0) is 4.74 Å². The lowest BCUT2D eigenvalue weighted by Gasteiger charge is -1.98. The highest BCUT2D eigenvalue weighted by atomic mass is 16.5. The highest BCUT2D eigenvalue weighted by molar-refractivity contribution is 5.86. The first-order valence-electron chi connectivity index (χ1n) is 5.83. The van der Waals surface area contributed by atoms with Crippen molar-refractivity contribution in [1.82, 2.24) is 15.0 Å². The number of fused-ring (bicyclic) bond motifs is 1. The minimum atomic E-state index is -0.463. The highest BCUT2D eigenvalue weighted by Gasteiger charge is 2.12. The van der Waals surface area contributed by atoms with Crippen molar-refractivity contribution in [3.05, 3.63) is 36.6 Å². The Hall–Kier alpha value is -2.63. The summed E-state index contributed by atoms with van der Waals surface area (Å²) in [5.74, 6) is -0.274. The predicted molar refractivity (Wildman–Crippen MR) is 67.5 cm³/mol. The third-order valence-corrected chi connectivity index (χ3v) is 2.69. The van der Waals surface area contributed by atoms with Crippen LogP contribution in [0.4, 0.5) is 0 Å². The van der Waals surface area contributed by atoms with Crippen molar-refractivity contribution in [3.63, 3.8) is 0 Å². The van der Waals surface area contributed by atoms with E-state index < -0.39 is 5.97 Å². The molecule has 0 saturated heterocycles. The van der Waals surface area contributed by atoms with Crippen molar-refractivity contribution < 1.29 is 13.9 Å². The Labute approximate surface area is 108 Å². The van der Waals surface area contributed by atoms with Gasteiger partial charge in [0.05, 0.1) is 18.5 Å². The summed E-state index contributed by atoms with van der Waals surface area (Å²) in [5, 5.41) is 0. The molecule has 2 heterocycles. The number of carbonyl (C=O) groups is 1. The van der Waals surface area contributed by atoms with Crippen LogP contribution in [0.2, 0.25) is 0 Å². The van der Waals surface area contributed by atoms with E-state index in [2.05, 4.69) is 15.0 Å². The van der Waals surface area contributed by atoms with Crippen LogP contribution in [0.3, 0.4) is 0 Å². The number of ether oxygens (including phenoxy) is 1. The van der Waals surface area contributed by atoms with Crippen LogP contribution in [-0.4, -0.2) is 27.5 Å². The number of hydrogen-bond acceptors (Lipinski definition) is 5. The number of esters is 1. The molecule has 3 aromatic rings. The zero-order valence-electron chi connectivity index (χ0n) is 10.2. The van der Waals surface area contributed by atoms with Crippen LogP contribution >= 0.6 is 0 Å². The number of benzene rings is 1. The van der Waals surface area contributed by atoms with Crippen molar-refractivity contribution in [3.8, 4) is 11.3 Å². The second-order valence-electron chi connectivity index (χ2n) is 3.90. The minimum absolute atomic E-state index is 0.189. The van der Waals surface area contributed by atoms with Gasteiger partial charge in [0.25, 0.3) is 0 Å². The third-order valence-electron chi connectivity index (χ3n) is 2.69. The normalized spacial score (nSPS) is 10.8. The summed E-state index contributed by atoms with van der Waals surface area (Å²) < 4.78 is 10.1. The molecule has 1 N–H and O–H groups in total. The van der Waals surface area contributed by atoms with Crippen molar-refractivity contribution in [2.75, 3.05) is 6.61 Å². The molecular formula is C13H11N3O3. The summed E-state index contributed by atoms with van der Waals surface area (Å²) in [6.45, 7) is 2.07.